The van der Waals surface area contributed by atoms with Crippen LogP contribution in [-0.2, 0) is 6.54 Å². The highest BCUT2D eigenvalue weighted by Gasteiger charge is 2.19. The molecule has 0 amide bonds. The maximum atomic E-state index is 4.26. The molecule has 1 aromatic carbocycles. The maximum absolute atomic E-state index is 4.26. The van der Waals surface area contributed by atoms with Crippen LogP contribution in [0, 0.1) is 0 Å². The summed E-state index contributed by atoms with van der Waals surface area (Å²) in [5.74, 6) is 0. The molecule has 0 unspecified atom stereocenters. The molecule has 4 heteroatoms. The van der Waals surface area contributed by atoms with E-state index in [2.05, 4.69) is 55.1 Å². The first-order chi connectivity index (χ1) is 8.83. The number of rotatable bonds is 5. The fourth-order valence-corrected chi connectivity index (χ4v) is 2.30. The lowest BCUT2D eigenvalue weighted by Gasteiger charge is -2.09. The molecule has 3 rings (SSSR count). The molecule has 1 saturated carbocycles. The van der Waals surface area contributed by atoms with Crippen LogP contribution >= 0.6 is 15.9 Å². The number of hydrogen-bond acceptors (Lipinski definition) is 2. The molecule has 2 aromatic rings. The molecule has 1 aromatic heterocycles. The van der Waals surface area contributed by atoms with Crippen molar-refractivity contribution in [3.8, 4) is 11.3 Å². The van der Waals surface area contributed by atoms with Gasteiger partial charge >= 0.3 is 0 Å². The molecular weight excluding hydrogens is 290 g/mol. The Hall–Kier alpha value is -1.13. The summed E-state index contributed by atoms with van der Waals surface area (Å²) in [6, 6.07) is 9.13. The van der Waals surface area contributed by atoms with Crippen LogP contribution in [0.5, 0.6) is 0 Å². The van der Waals surface area contributed by atoms with Gasteiger partial charge in [0.05, 0.1) is 18.2 Å². The third-order valence-corrected chi connectivity index (χ3v) is 3.74. The number of aromatic nitrogens is 2. The van der Waals surface area contributed by atoms with E-state index in [0.29, 0.717) is 0 Å². The van der Waals surface area contributed by atoms with E-state index in [1.165, 1.54) is 24.1 Å². The van der Waals surface area contributed by atoms with Gasteiger partial charge in [0.2, 0.25) is 0 Å². The van der Waals surface area contributed by atoms with Crippen molar-refractivity contribution < 1.29 is 0 Å². The highest BCUT2D eigenvalue weighted by Crippen LogP contribution is 2.22. The zero-order valence-electron chi connectivity index (χ0n) is 10.1. The van der Waals surface area contributed by atoms with Crippen LogP contribution < -0.4 is 5.32 Å². The Morgan fingerprint density at radius 1 is 1.28 bits per heavy atom. The van der Waals surface area contributed by atoms with Crippen LogP contribution in [0.2, 0.25) is 0 Å². The summed E-state index contributed by atoms with van der Waals surface area (Å²) in [5, 5.41) is 3.53. The van der Waals surface area contributed by atoms with E-state index in [4.69, 9.17) is 0 Å². The second-order valence-electron chi connectivity index (χ2n) is 4.71. The Morgan fingerprint density at radius 2 is 2.06 bits per heavy atom. The van der Waals surface area contributed by atoms with Crippen LogP contribution in [0.3, 0.4) is 0 Å². The molecule has 94 valence electrons. The predicted molar refractivity (Wildman–Crippen MR) is 76.4 cm³/mol. The summed E-state index contributed by atoms with van der Waals surface area (Å²) >= 11 is 3.46. The minimum absolute atomic E-state index is 0.768. The lowest BCUT2D eigenvalue weighted by atomic mass is 10.2. The van der Waals surface area contributed by atoms with Crippen LogP contribution in [0.15, 0.2) is 41.3 Å². The molecule has 1 aliphatic carbocycles. The predicted octanol–water partition coefficient (Wildman–Crippen LogP) is 3.06. The van der Waals surface area contributed by atoms with Gasteiger partial charge in [-0.05, 0) is 30.5 Å². The number of imidazole rings is 1. The first kappa shape index (κ1) is 11.9. The highest BCUT2D eigenvalue weighted by molar-refractivity contribution is 9.10. The van der Waals surface area contributed by atoms with E-state index in [-0.39, 0.29) is 0 Å². The first-order valence-corrected chi connectivity index (χ1v) is 7.12. The molecule has 0 aliphatic heterocycles. The number of nitrogens with zero attached hydrogens (tertiary/aromatic N) is 2. The van der Waals surface area contributed by atoms with E-state index in [9.17, 15) is 0 Å². The summed E-state index contributed by atoms with van der Waals surface area (Å²) in [5.41, 5.74) is 2.39. The number of halogens is 1. The van der Waals surface area contributed by atoms with Gasteiger partial charge in [0.15, 0.2) is 0 Å². The van der Waals surface area contributed by atoms with Crippen molar-refractivity contribution >= 4 is 15.9 Å². The molecular formula is C14H16BrN3. The van der Waals surface area contributed by atoms with Crippen molar-refractivity contribution in [1.82, 2.24) is 14.9 Å². The van der Waals surface area contributed by atoms with Crippen LogP contribution in [0.1, 0.15) is 12.8 Å². The van der Waals surface area contributed by atoms with Gasteiger partial charge in [-0.15, -0.1) is 0 Å². The molecule has 1 N–H and O–H groups in total. The van der Waals surface area contributed by atoms with Gasteiger partial charge in [0.1, 0.15) is 0 Å². The monoisotopic (exact) mass is 305 g/mol. The summed E-state index contributed by atoms with van der Waals surface area (Å²) < 4.78 is 3.31. The van der Waals surface area contributed by atoms with Gasteiger partial charge in [-0.1, -0.05) is 28.1 Å². The van der Waals surface area contributed by atoms with Gasteiger partial charge in [-0.3, -0.25) is 0 Å². The normalized spacial score (nSPS) is 14.9. The average molecular weight is 306 g/mol. The Morgan fingerprint density at radius 3 is 2.78 bits per heavy atom. The zero-order chi connectivity index (χ0) is 12.4. The summed E-state index contributed by atoms with van der Waals surface area (Å²) in [7, 11) is 0. The van der Waals surface area contributed by atoms with Gasteiger partial charge in [0, 0.05) is 23.6 Å². The summed E-state index contributed by atoms with van der Waals surface area (Å²) in [4.78, 5) is 4.26. The van der Waals surface area contributed by atoms with Gasteiger partial charge in [-0.2, -0.15) is 0 Å². The minimum Gasteiger partial charge on any atom is -0.329 e. The molecule has 0 saturated heterocycles. The van der Waals surface area contributed by atoms with Gasteiger partial charge in [0.25, 0.3) is 0 Å². The van der Waals surface area contributed by atoms with Crippen molar-refractivity contribution in [3.63, 3.8) is 0 Å². The van der Waals surface area contributed by atoms with E-state index in [0.717, 1.165) is 23.6 Å². The standard InChI is InChI=1S/C14H16BrN3/c15-12-3-1-11(2-4-12)14-9-16-10-18(14)8-7-17-13-5-6-13/h1-4,9-10,13,17H,5-8H2. The second kappa shape index (κ2) is 5.24. The molecule has 1 fully saturated rings. The highest BCUT2D eigenvalue weighted by atomic mass is 79.9. The van der Waals surface area contributed by atoms with E-state index in [1.807, 2.05) is 12.5 Å². The van der Waals surface area contributed by atoms with Crippen LogP contribution in [0.25, 0.3) is 11.3 Å². The Kier molecular flexibility index (Phi) is 3.48. The van der Waals surface area contributed by atoms with Crippen molar-refractivity contribution in [2.45, 2.75) is 25.4 Å². The Labute approximate surface area is 115 Å². The van der Waals surface area contributed by atoms with E-state index < -0.39 is 0 Å². The van der Waals surface area contributed by atoms with Crippen LogP contribution in [0.4, 0.5) is 0 Å². The van der Waals surface area contributed by atoms with Crippen molar-refractivity contribution in [2.24, 2.45) is 0 Å². The van der Waals surface area contributed by atoms with Crippen molar-refractivity contribution in [3.05, 3.63) is 41.3 Å². The minimum atomic E-state index is 0.768. The molecule has 0 spiro atoms. The number of hydrogen-bond donors (Lipinski definition) is 1. The Balaban J connectivity index is 1.71. The van der Waals surface area contributed by atoms with Gasteiger partial charge < -0.3 is 9.88 Å². The van der Waals surface area contributed by atoms with Gasteiger partial charge in [-0.25, -0.2) is 4.98 Å². The molecule has 1 aliphatic rings. The smallest absolute Gasteiger partial charge is 0.0951 e. The lowest BCUT2D eigenvalue weighted by molar-refractivity contribution is 0.598. The van der Waals surface area contributed by atoms with E-state index in [1.54, 1.807) is 0 Å². The number of benzene rings is 1. The molecule has 18 heavy (non-hydrogen) atoms. The molecule has 0 radical (unpaired) electrons. The zero-order valence-corrected chi connectivity index (χ0v) is 11.7. The SMILES string of the molecule is Brc1ccc(-c2cncn2CCNC2CC2)cc1. The summed E-state index contributed by atoms with van der Waals surface area (Å²) in [6.07, 6.45) is 6.51. The quantitative estimate of drug-likeness (QED) is 0.920. The van der Waals surface area contributed by atoms with Crippen molar-refractivity contribution in [2.75, 3.05) is 6.54 Å². The van der Waals surface area contributed by atoms with E-state index >= 15 is 0 Å². The lowest BCUT2D eigenvalue weighted by Crippen LogP contribution is -2.21. The van der Waals surface area contributed by atoms with Crippen LogP contribution in [-0.4, -0.2) is 22.1 Å². The molecule has 3 nitrogen and oxygen atoms in total. The molecule has 0 atom stereocenters. The average Bonchev–Trinajstić information content (AvgIpc) is 3.08. The molecule has 0 bridgehead atoms. The topological polar surface area (TPSA) is 29.9 Å². The third-order valence-electron chi connectivity index (χ3n) is 3.22. The maximum Gasteiger partial charge on any atom is 0.0951 e. The summed E-state index contributed by atoms with van der Waals surface area (Å²) in [6.45, 7) is 1.99. The second-order valence-corrected chi connectivity index (χ2v) is 5.62. The fraction of sp³-hybridized carbons (Fsp3) is 0.357. The largest absolute Gasteiger partial charge is 0.329 e. The molecule has 1 heterocycles. The Bertz CT molecular complexity index is 514. The van der Waals surface area contributed by atoms with Crippen molar-refractivity contribution in [1.29, 1.82) is 0 Å². The fourth-order valence-electron chi connectivity index (χ4n) is 2.04. The number of nitrogens with one attached hydrogen (secondary N) is 1. The first-order valence-electron chi connectivity index (χ1n) is 6.32. The third kappa shape index (κ3) is 2.82.